The van der Waals surface area contributed by atoms with Gasteiger partial charge >= 0.3 is 6.09 Å². The highest BCUT2D eigenvalue weighted by Crippen LogP contribution is 2.37. The van der Waals surface area contributed by atoms with E-state index in [9.17, 15) is 4.79 Å². The van der Waals surface area contributed by atoms with Gasteiger partial charge in [0, 0.05) is 12.6 Å². The van der Waals surface area contributed by atoms with Gasteiger partial charge in [-0.25, -0.2) is 4.79 Å². The molecule has 2 aliphatic rings. The van der Waals surface area contributed by atoms with Gasteiger partial charge in [0.1, 0.15) is 0 Å². The number of amides is 1. The fourth-order valence-corrected chi connectivity index (χ4v) is 2.07. The van der Waals surface area contributed by atoms with E-state index in [1.54, 1.807) is 4.90 Å². The molecular formula is C9H15NO2. The Morgan fingerprint density at radius 2 is 2.17 bits per heavy atom. The van der Waals surface area contributed by atoms with Gasteiger partial charge in [-0.3, -0.25) is 0 Å². The molecule has 1 saturated carbocycles. The van der Waals surface area contributed by atoms with Gasteiger partial charge < -0.3 is 10.0 Å². The molecule has 3 nitrogen and oxygen atoms in total. The Morgan fingerprint density at radius 3 is 2.75 bits per heavy atom. The van der Waals surface area contributed by atoms with Crippen LogP contribution in [0.5, 0.6) is 0 Å². The number of nitrogens with zero attached hydrogens (tertiary/aromatic N) is 1. The molecule has 3 heteroatoms. The highest BCUT2D eigenvalue weighted by atomic mass is 16.4. The normalized spacial score (nSPS) is 29.3. The summed E-state index contributed by atoms with van der Waals surface area (Å²) >= 11 is 0. The van der Waals surface area contributed by atoms with Crippen molar-refractivity contribution in [3.63, 3.8) is 0 Å². The Bertz CT molecular complexity index is 189. The molecule has 1 N–H and O–H groups in total. The topological polar surface area (TPSA) is 40.5 Å². The molecule has 0 aromatic carbocycles. The Hall–Kier alpha value is -0.730. The first-order chi connectivity index (χ1) is 5.77. The Labute approximate surface area is 72.4 Å². The number of carboxylic acid groups (broad SMARTS) is 1. The van der Waals surface area contributed by atoms with Crippen molar-refractivity contribution in [3.05, 3.63) is 0 Å². The lowest BCUT2D eigenvalue weighted by Crippen LogP contribution is -2.34. The quantitative estimate of drug-likeness (QED) is 0.686. The zero-order valence-corrected chi connectivity index (χ0v) is 7.20. The fourth-order valence-electron chi connectivity index (χ4n) is 2.07. The summed E-state index contributed by atoms with van der Waals surface area (Å²) in [6.07, 6.45) is 5.19. The molecule has 12 heavy (non-hydrogen) atoms. The molecule has 2 rings (SSSR count). The van der Waals surface area contributed by atoms with Crippen LogP contribution in [0, 0.1) is 5.92 Å². The van der Waals surface area contributed by atoms with Crippen LogP contribution in [0.25, 0.3) is 0 Å². The first-order valence-corrected chi connectivity index (χ1v) is 4.77. The zero-order chi connectivity index (χ0) is 8.55. The largest absolute Gasteiger partial charge is 0.465 e. The van der Waals surface area contributed by atoms with Crippen molar-refractivity contribution in [1.82, 2.24) is 4.90 Å². The maximum atomic E-state index is 10.7. The second kappa shape index (κ2) is 2.96. The Balaban J connectivity index is 1.88. The van der Waals surface area contributed by atoms with Crippen molar-refractivity contribution >= 4 is 6.09 Å². The van der Waals surface area contributed by atoms with Gasteiger partial charge in [0.25, 0.3) is 0 Å². The van der Waals surface area contributed by atoms with E-state index in [1.165, 1.54) is 12.8 Å². The monoisotopic (exact) mass is 169 g/mol. The average molecular weight is 169 g/mol. The molecule has 0 bridgehead atoms. The van der Waals surface area contributed by atoms with Crippen molar-refractivity contribution in [2.24, 2.45) is 5.92 Å². The smallest absolute Gasteiger partial charge is 0.407 e. The van der Waals surface area contributed by atoms with Gasteiger partial charge in [0.2, 0.25) is 0 Å². The molecule has 1 amide bonds. The number of hydrogen-bond acceptors (Lipinski definition) is 1. The highest BCUT2D eigenvalue weighted by Gasteiger charge is 2.33. The first-order valence-electron chi connectivity index (χ1n) is 4.77. The lowest BCUT2D eigenvalue weighted by Gasteiger charge is -2.20. The Kier molecular flexibility index (Phi) is 1.95. The number of rotatable bonds is 2. The number of carbonyl (C=O) groups is 1. The van der Waals surface area contributed by atoms with Crippen LogP contribution in [0.4, 0.5) is 4.79 Å². The number of hydrogen-bond donors (Lipinski definition) is 1. The lowest BCUT2D eigenvalue weighted by molar-refractivity contribution is 0.137. The molecule has 0 aromatic heterocycles. The summed E-state index contributed by atoms with van der Waals surface area (Å²) in [5.74, 6) is 0.843. The van der Waals surface area contributed by atoms with Crippen LogP contribution in [0.3, 0.4) is 0 Å². The van der Waals surface area contributed by atoms with E-state index in [4.69, 9.17) is 5.11 Å². The van der Waals surface area contributed by atoms with Crippen molar-refractivity contribution in [3.8, 4) is 0 Å². The van der Waals surface area contributed by atoms with E-state index >= 15 is 0 Å². The highest BCUT2D eigenvalue weighted by molar-refractivity contribution is 5.65. The average Bonchev–Trinajstić information content (AvgIpc) is 2.66. The van der Waals surface area contributed by atoms with Crippen molar-refractivity contribution in [2.75, 3.05) is 6.54 Å². The molecule has 68 valence electrons. The van der Waals surface area contributed by atoms with Crippen LogP contribution >= 0.6 is 0 Å². The second-order valence-electron chi connectivity index (χ2n) is 3.95. The summed E-state index contributed by atoms with van der Waals surface area (Å²) in [4.78, 5) is 12.4. The number of likely N-dealkylation sites (tertiary alicyclic amines) is 1. The van der Waals surface area contributed by atoms with Crippen molar-refractivity contribution < 1.29 is 9.90 Å². The molecular weight excluding hydrogens is 154 g/mol. The Morgan fingerprint density at radius 1 is 1.42 bits per heavy atom. The molecule has 0 radical (unpaired) electrons. The molecule has 1 atom stereocenters. The summed E-state index contributed by atoms with van der Waals surface area (Å²) in [5.41, 5.74) is 0. The first kappa shape index (κ1) is 7.90. The lowest BCUT2D eigenvalue weighted by atomic mass is 10.1. The van der Waals surface area contributed by atoms with E-state index in [0.29, 0.717) is 6.04 Å². The molecule has 1 unspecified atom stereocenters. The van der Waals surface area contributed by atoms with E-state index in [0.717, 1.165) is 31.7 Å². The maximum absolute atomic E-state index is 10.7. The molecule has 0 aromatic rings. The third kappa shape index (κ3) is 1.54. The minimum atomic E-state index is -0.724. The minimum absolute atomic E-state index is 0.343. The van der Waals surface area contributed by atoms with E-state index in [2.05, 4.69) is 0 Å². The summed E-state index contributed by atoms with van der Waals surface area (Å²) < 4.78 is 0. The fraction of sp³-hybridized carbons (Fsp3) is 0.889. The predicted octanol–water partition coefficient (Wildman–Crippen LogP) is 1.93. The standard InChI is InChI=1S/C9H15NO2/c11-9(12)10-5-1-2-8(10)6-7-3-4-7/h7-8H,1-6H2,(H,11,12). The molecule has 0 spiro atoms. The molecule has 1 saturated heterocycles. The van der Waals surface area contributed by atoms with E-state index in [1.807, 2.05) is 0 Å². The third-order valence-electron chi connectivity index (χ3n) is 2.93. The molecule has 1 aliphatic carbocycles. The van der Waals surface area contributed by atoms with E-state index < -0.39 is 6.09 Å². The predicted molar refractivity (Wildman–Crippen MR) is 45.1 cm³/mol. The van der Waals surface area contributed by atoms with Gasteiger partial charge in [-0.1, -0.05) is 12.8 Å². The van der Waals surface area contributed by atoms with Crippen LogP contribution in [0.15, 0.2) is 0 Å². The minimum Gasteiger partial charge on any atom is -0.465 e. The zero-order valence-electron chi connectivity index (χ0n) is 7.20. The second-order valence-corrected chi connectivity index (χ2v) is 3.95. The van der Waals surface area contributed by atoms with Gasteiger partial charge in [0.15, 0.2) is 0 Å². The summed E-state index contributed by atoms with van der Waals surface area (Å²) in [7, 11) is 0. The van der Waals surface area contributed by atoms with Gasteiger partial charge in [0.05, 0.1) is 0 Å². The van der Waals surface area contributed by atoms with Crippen LogP contribution < -0.4 is 0 Å². The van der Waals surface area contributed by atoms with Gasteiger partial charge in [-0.15, -0.1) is 0 Å². The third-order valence-corrected chi connectivity index (χ3v) is 2.93. The molecule has 2 fully saturated rings. The van der Waals surface area contributed by atoms with Gasteiger partial charge in [-0.05, 0) is 25.2 Å². The van der Waals surface area contributed by atoms with Crippen molar-refractivity contribution in [1.29, 1.82) is 0 Å². The SMILES string of the molecule is O=C(O)N1CCCC1CC1CC1. The van der Waals surface area contributed by atoms with Crippen LogP contribution in [-0.4, -0.2) is 28.7 Å². The van der Waals surface area contributed by atoms with Crippen LogP contribution in [-0.2, 0) is 0 Å². The molecule has 1 heterocycles. The summed E-state index contributed by atoms with van der Waals surface area (Å²) in [6.45, 7) is 0.757. The molecule has 1 aliphatic heterocycles. The van der Waals surface area contributed by atoms with Gasteiger partial charge in [-0.2, -0.15) is 0 Å². The summed E-state index contributed by atoms with van der Waals surface area (Å²) in [5, 5.41) is 8.84. The summed E-state index contributed by atoms with van der Waals surface area (Å²) in [6, 6.07) is 0.343. The van der Waals surface area contributed by atoms with Crippen LogP contribution in [0.2, 0.25) is 0 Å². The van der Waals surface area contributed by atoms with Crippen LogP contribution in [0.1, 0.15) is 32.1 Å². The van der Waals surface area contributed by atoms with Crippen molar-refractivity contribution in [2.45, 2.75) is 38.1 Å². The maximum Gasteiger partial charge on any atom is 0.407 e. The van der Waals surface area contributed by atoms with E-state index in [-0.39, 0.29) is 0 Å².